The fourth-order valence-corrected chi connectivity index (χ4v) is 2.83. The minimum Gasteiger partial charge on any atom is -0.484 e. The molecule has 1 aliphatic rings. The molecule has 1 saturated carbocycles. The van der Waals surface area contributed by atoms with Crippen LogP contribution in [0.5, 0.6) is 5.75 Å². The van der Waals surface area contributed by atoms with Gasteiger partial charge in [0.15, 0.2) is 16.6 Å². The van der Waals surface area contributed by atoms with E-state index >= 15 is 0 Å². The lowest BCUT2D eigenvalue weighted by molar-refractivity contribution is 0.244. The first-order chi connectivity index (χ1) is 8.63. The minimum absolute atomic E-state index is 0.134. The zero-order chi connectivity index (χ0) is 13.1. The summed E-state index contributed by atoms with van der Waals surface area (Å²) in [6.07, 6.45) is 5.10. The molecule has 0 unspecified atom stereocenters. The maximum atomic E-state index is 5.92. The number of unbranched alkanes of at least 4 members (excludes halogenated alkanes) is 1. The summed E-state index contributed by atoms with van der Waals surface area (Å²) < 4.78 is 10.1. The van der Waals surface area contributed by atoms with Crippen LogP contribution in [0.3, 0.4) is 0 Å². The van der Waals surface area contributed by atoms with E-state index in [-0.39, 0.29) is 6.10 Å². The van der Waals surface area contributed by atoms with Crippen molar-refractivity contribution in [1.29, 1.82) is 0 Å². The highest BCUT2D eigenvalue weighted by atomic mass is 32.1. The molecule has 0 atom stereocenters. The van der Waals surface area contributed by atoms with E-state index in [2.05, 4.69) is 16.2 Å². The predicted octanol–water partition coefficient (Wildman–Crippen LogP) is 3.28. The molecule has 5 heteroatoms. The molecule has 1 heterocycles. The lowest BCUT2D eigenvalue weighted by Gasteiger charge is -2.24. The van der Waals surface area contributed by atoms with Gasteiger partial charge in [0.1, 0.15) is 0 Å². The van der Waals surface area contributed by atoms with Gasteiger partial charge in [0, 0.05) is 12.6 Å². The Morgan fingerprint density at radius 3 is 2.78 bits per heavy atom. The number of rotatable bonds is 7. The van der Waals surface area contributed by atoms with Crippen molar-refractivity contribution in [3.63, 3.8) is 0 Å². The fraction of sp³-hybridized carbons (Fsp3) is 0.769. The summed E-state index contributed by atoms with van der Waals surface area (Å²) in [5, 5.41) is 1.12. The molecule has 0 amide bonds. The monoisotopic (exact) mass is 269 g/mol. The SMILES string of the molecule is CCCCN(c1snc(N)c1OC(C)C)C1CC1. The first-order valence-corrected chi connectivity index (χ1v) is 7.59. The molecular formula is C13H23N3OS. The minimum atomic E-state index is 0.134. The maximum Gasteiger partial charge on any atom is 0.198 e. The average molecular weight is 269 g/mol. The number of nitrogens with zero attached hydrogens (tertiary/aromatic N) is 2. The molecule has 1 fully saturated rings. The average Bonchev–Trinajstić information content (AvgIpc) is 3.09. The largest absolute Gasteiger partial charge is 0.484 e. The Labute approximate surface area is 113 Å². The van der Waals surface area contributed by atoms with Gasteiger partial charge in [-0.25, -0.2) is 0 Å². The Hall–Kier alpha value is -0.970. The number of anilines is 2. The van der Waals surface area contributed by atoms with Crippen molar-refractivity contribution in [2.24, 2.45) is 0 Å². The van der Waals surface area contributed by atoms with Gasteiger partial charge in [-0.3, -0.25) is 0 Å². The van der Waals surface area contributed by atoms with Gasteiger partial charge in [0.05, 0.1) is 6.10 Å². The van der Waals surface area contributed by atoms with Crippen LogP contribution in [-0.2, 0) is 0 Å². The quantitative estimate of drug-likeness (QED) is 0.825. The lowest BCUT2D eigenvalue weighted by atomic mass is 10.3. The van der Waals surface area contributed by atoms with Crippen molar-refractivity contribution in [1.82, 2.24) is 4.37 Å². The number of nitrogens with two attached hydrogens (primary N) is 1. The van der Waals surface area contributed by atoms with Gasteiger partial charge in [-0.2, -0.15) is 4.37 Å². The first-order valence-electron chi connectivity index (χ1n) is 6.82. The highest BCUT2D eigenvalue weighted by molar-refractivity contribution is 7.11. The Balaban J connectivity index is 2.18. The standard InChI is InChI=1S/C13H23N3OS/c1-4-5-8-16(10-6-7-10)13-11(17-9(2)3)12(14)15-18-13/h9-10H,4-8H2,1-3H3,(H2,14,15). The van der Waals surface area contributed by atoms with E-state index in [1.54, 1.807) is 0 Å². The van der Waals surface area contributed by atoms with Crippen LogP contribution in [0.1, 0.15) is 46.5 Å². The second kappa shape index (κ2) is 5.78. The zero-order valence-electron chi connectivity index (χ0n) is 11.5. The number of hydrogen-bond acceptors (Lipinski definition) is 5. The van der Waals surface area contributed by atoms with Gasteiger partial charge in [-0.05, 0) is 44.6 Å². The van der Waals surface area contributed by atoms with E-state index in [1.807, 2.05) is 13.8 Å². The summed E-state index contributed by atoms with van der Waals surface area (Å²) in [6, 6.07) is 0.672. The first kappa shape index (κ1) is 13.5. The van der Waals surface area contributed by atoms with Crippen LogP contribution in [0, 0.1) is 0 Å². The predicted molar refractivity (Wildman–Crippen MR) is 77.6 cm³/mol. The Kier molecular flexibility index (Phi) is 4.32. The number of nitrogen functional groups attached to an aromatic ring is 1. The van der Waals surface area contributed by atoms with Crippen molar-refractivity contribution in [2.75, 3.05) is 17.2 Å². The number of hydrogen-bond donors (Lipinski definition) is 1. The second-order valence-corrected chi connectivity index (χ2v) is 5.90. The highest BCUT2D eigenvalue weighted by Crippen LogP contribution is 2.43. The normalized spacial score (nSPS) is 15.1. The molecule has 0 saturated heterocycles. The molecular weight excluding hydrogens is 246 g/mol. The summed E-state index contributed by atoms with van der Waals surface area (Å²) in [5.74, 6) is 1.32. The molecule has 2 rings (SSSR count). The summed E-state index contributed by atoms with van der Waals surface area (Å²) in [7, 11) is 0. The zero-order valence-corrected chi connectivity index (χ0v) is 12.3. The van der Waals surface area contributed by atoms with Gasteiger partial charge in [-0.1, -0.05) is 13.3 Å². The van der Waals surface area contributed by atoms with Gasteiger partial charge in [0.25, 0.3) is 0 Å². The van der Waals surface area contributed by atoms with E-state index in [0.717, 1.165) is 17.3 Å². The van der Waals surface area contributed by atoms with Gasteiger partial charge >= 0.3 is 0 Å². The second-order valence-electron chi connectivity index (χ2n) is 5.15. The van der Waals surface area contributed by atoms with Crippen LogP contribution in [0.2, 0.25) is 0 Å². The molecule has 0 radical (unpaired) electrons. The number of aromatic nitrogens is 1. The van der Waals surface area contributed by atoms with Gasteiger partial charge in [0.2, 0.25) is 0 Å². The van der Waals surface area contributed by atoms with Crippen molar-refractivity contribution >= 4 is 22.4 Å². The molecule has 4 nitrogen and oxygen atoms in total. The van der Waals surface area contributed by atoms with Crippen molar-refractivity contribution in [2.45, 2.75) is 58.6 Å². The van der Waals surface area contributed by atoms with Crippen LogP contribution in [-0.4, -0.2) is 23.1 Å². The fourth-order valence-electron chi connectivity index (χ4n) is 1.98. The summed E-state index contributed by atoms with van der Waals surface area (Å²) >= 11 is 1.47. The van der Waals surface area contributed by atoms with Crippen LogP contribution < -0.4 is 15.4 Å². The van der Waals surface area contributed by atoms with E-state index in [9.17, 15) is 0 Å². The third kappa shape index (κ3) is 3.07. The van der Waals surface area contributed by atoms with Crippen LogP contribution >= 0.6 is 11.5 Å². The van der Waals surface area contributed by atoms with Crippen molar-refractivity contribution < 1.29 is 4.74 Å². The van der Waals surface area contributed by atoms with Crippen molar-refractivity contribution in [3.05, 3.63) is 0 Å². The van der Waals surface area contributed by atoms with E-state index in [1.165, 1.54) is 37.2 Å². The third-order valence-corrected chi connectivity index (χ3v) is 3.89. The Bertz CT molecular complexity index is 388. The Morgan fingerprint density at radius 1 is 1.50 bits per heavy atom. The molecule has 0 bridgehead atoms. The van der Waals surface area contributed by atoms with E-state index < -0.39 is 0 Å². The topological polar surface area (TPSA) is 51.4 Å². The molecule has 0 aromatic carbocycles. The molecule has 102 valence electrons. The molecule has 1 aliphatic carbocycles. The Morgan fingerprint density at radius 2 is 2.22 bits per heavy atom. The lowest BCUT2D eigenvalue weighted by Crippen LogP contribution is -2.26. The van der Waals surface area contributed by atoms with Crippen LogP contribution in [0.25, 0.3) is 0 Å². The summed E-state index contributed by atoms with van der Waals surface area (Å²) in [6.45, 7) is 7.34. The van der Waals surface area contributed by atoms with Gasteiger partial charge in [-0.15, -0.1) is 0 Å². The smallest absolute Gasteiger partial charge is 0.198 e. The molecule has 1 aromatic heterocycles. The van der Waals surface area contributed by atoms with Crippen molar-refractivity contribution in [3.8, 4) is 5.75 Å². The highest BCUT2D eigenvalue weighted by Gasteiger charge is 2.32. The van der Waals surface area contributed by atoms with Crippen LogP contribution in [0.15, 0.2) is 0 Å². The maximum absolute atomic E-state index is 5.92. The van der Waals surface area contributed by atoms with E-state index in [0.29, 0.717) is 11.9 Å². The summed E-state index contributed by atoms with van der Waals surface area (Å²) in [5.41, 5.74) is 5.92. The van der Waals surface area contributed by atoms with E-state index in [4.69, 9.17) is 10.5 Å². The number of ether oxygens (including phenoxy) is 1. The third-order valence-electron chi connectivity index (χ3n) is 3.01. The molecule has 0 aliphatic heterocycles. The molecule has 2 N–H and O–H groups in total. The van der Waals surface area contributed by atoms with Gasteiger partial charge < -0.3 is 15.4 Å². The molecule has 1 aromatic rings. The summed E-state index contributed by atoms with van der Waals surface area (Å²) in [4.78, 5) is 2.44. The van der Waals surface area contributed by atoms with Crippen LogP contribution in [0.4, 0.5) is 10.8 Å². The molecule has 18 heavy (non-hydrogen) atoms. The molecule has 0 spiro atoms.